The van der Waals surface area contributed by atoms with Crippen LogP contribution in [-0.4, -0.2) is 19.4 Å². The van der Waals surface area contributed by atoms with Gasteiger partial charge in [-0.15, -0.1) is 0 Å². The van der Waals surface area contributed by atoms with E-state index < -0.39 is 9.84 Å². The quantitative estimate of drug-likeness (QED) is 0.616. The normalized spacial score (nSPS) is 26.3. The van der Waals surface area contributed by atoms with Crippen LogP contribution >= 0.6 is 0 Å². The van der Waals surface area contributed by atoms with E-state index in [2.05, 4.69) is 38.4 Å². The van der Waals surface area contributed by atoms with Crippen molar-refractivity contribution in [1.82, 2.24) is 0 Å². The molecule has 4 nitrogen and oxygen atoms in total. The summed E-state index contributed by atoms with van der Waals surface area (Å²) in [6.07, 6.45) is 3.81. The molecule has 2 N–H and O–H groups in total. The first kappa shape index (κ1) is 20.9. The van der Waals surface area contributed by atoms with E-state index in [1.165, 1.54) is 0 Å². The Balaban J connectivity index is 2.29. The summed E-state index contributed by atoms with van der Waals surface area (Å²) in [4.78, 5) is 0.402. The molecule has 0 spiro atoms. The zero-order valence-electron chi connectivity index (χ0n) is 17.0. The van der Waals surface area contributed by atoms with Crippen LogP contribution in [0.1, 0.15) is 63.5 Å². The molecule has 1 aliphatic heterocycles. The van der Waals surface area contributed by atoms with E-state index in [0.29, 0.717) is 10.6 Å². The van der Waals surface area contributed by atoms with Gasteiger partial charge in [-0.2, -0.15) is 0 Å². The Morgan fingerprint density at radius 3 is 2.46 bits per heavy atom. The second kappa shape index (κ2) is 8.26. The molecule has 0 aromatic heterocycles. The van der Waals surface area contributed by atoms with E-state index in [1.807, 2.05) is 18.2 Å². The third-order valence-electron chi connectivity index (χ3n) is 6.64. The van der Waals surface area contributed by atoms with Gasteiger partial charge in [0.15, 0.2) is 9.84 Å². The fraction of sp³-hybridized carbons (Fsp3) is 0.478. The van der Waals surface area contributed by atoms with Gasteiger partial charge in [0.25, 0.3) is 0 Å². The number of sulfone groups is 1. The highest BCUT2D eigenvalue weighted by atomic mass is 32.2. The van der Waals surface area contributed by atoms with Crippen molar-refractivity contribution in [3.8, 4) is 0 Å². The van der Waals surface area contributed by atoms with Gasteiger partial charge < -0.3 is 0 Å². The Kier molecular flexibility index (Phi) is 6.15. The van der Waals surface area contributed by atoms with Crippen LogP contribution in [0.5, 0.6) is 0 Å². The summed E-state index contributed by atoms with van der Waals surface area (Å²) in [6, 6.07) is 15.3. The van der Waals surface area contributed by atoms with Gasteiger partial charge in [-0.05, 0) is 53.5 Å². The molecule has 152 valence electrons. The number of benzene rings is 2. The minimum atomic E-state index is -3.44. The van der Waals surface area contributed by atoms with Crippen molar-refractivity contribution in [3.63, 3.8) is 0 Å². The lowest BCUT2D eigenvalue weighted by Crippen LogP contribution is -2.37. The Morgan fingerprint density at radius 2 is 1.86 bits per heavy atom. The van der Waals surface area contributed by atoms with Gasteiger partial charge in [0, 0.05) is 5.92 Å². The third kappa shape index (κ3) is 3.70. The van der Waals surface area contributed by atoms with E-state index >= 15 is 0 Å². The lowest BCUT2D eigenvalue weighted by Gasteiger charge is -2.41. The van der Waals surface area contributed by atoms with Crippen LogP contribution in [0.25, 0.3) is 0 Å². The zero-order chi connectivity index (χ0) is 20.4. The fourth-order valence-corrected chi connectivity index (χ4v) is 7.26. The number of nitrogens with one attached hydrogen (secondary N) is 1. The standard InChI is InChI=1S/C23H31NO3S/c1-4-6-14-23(5-2)16-28(26,27)21-13-12-19(24-25)15-20(21)22(17(23)3)18-10-8-7-9-11-18/h7-13,15,17,22,24-25H,4-6,14,16H2,1-3H3/t17-,22-,23+/m0/s1. The van der Waals surface area contributed by atoms with Crippen LogP contribution in [0.15, 0.2) is 53.4 Å². The van der Waals surface area contributed by atoms with Crippen molar-refractivity contribution in [2.75, 3.05) is 11.2 Å². The molecule has 5 heteroatoms. The van der Waals surface area contributed by atoms with Crippen molar-refractivity contribution in [1.29, 1.82) is 0 Å². The van der Waals surface area contributed by atoms with Crippen LogP contribution in [-0.2, 0) is 9.84 Å². The number of fused-ring (bicyclic) bond motifs is 1. The topological polar surface area (TPSA) is 66.4 Å². The molecule has 0 fully saturated rings. The molecule has 28 heavy (non-hydrogen) atoms. The predicted octanol–water partition coefficient (Wildman–Crippen LogP) is 5.63. The van der Waals surface area contributed by atoms with Crippen molar-refractivity contribution in [2.45, 2.75) is 57.3 Å². The zero-order valence-corrected chi connectivity index (χ0v) is 17.8. The summed E-state index contributed by atoms with van der Waals surface area (Å²) >= 11 is 0. The number of rotatable bonds is 6. The summed E-state index contributed by atoms with van der Waals surface area (Å²) in [6.45, 7) is 6.49. The highest BCUT2D eigenvalue weighted by molar-refractivity contribution is 7.91. The molecule has 0 radical (unpaired) electrons. The molecule has 2 aromatic carbocycles. The summed E-state index contributed by atoms with van der Waals surface area (Å²) in [7, 11) is -3.44. The van der Waals surface area contributed by atoms with Gasteiger partial charge in [0.2, 0.25) is 0 Å². The van der Waals surface area contributed by atoms with Gasteiger partial charge in [-0.3, -0.25) is 10.7 Å². The number of unbranched alkanes of at least 4 members (excludes halogenated alkanes) is 1. The molecule has 3 atom stereocenters. The molecule has 1 aliphatic rings. The van der Waals surface area contributed by atoms with Gasteiger partial charge in [-0.1, -0.05) is 63.9 Å². The lowest BCUT2D eigenvalue weighted by atomic mass is 9.64. The summed E-state index contributed by atoms with van der Waals surface area (Å²) < 4.78 is 26.9. The Labute approximate surface area is 168 Å². The van der Waals surface area contributed by atoms with Gasteiger partial charge >= 0.3 is 0 Å². The first-order chi connectivity index (χ1) is 13.4. The van der Waals surface area contributed by atoms with Crippen LogP contribution in [0, 0.1) is 11.3 Å². The van der Waals surface area contributed by atoms with E-state index in [1.54, 1.807) is 18.2 Å². The molecule has 1 heterocycles. The third-order valence-corrected chi connectivity index (χ3v) is 8.64. The first-order valence-corrected chi connectivity index (χ1v) is 11.9. The average Bonchev–Trinajstić information content (AvgIpc) is 2.78. The van der Waals surface area contributed by atoms with Crippen molar-refractivity contribution < 1.29 is 13.6 Å². The summed E-state index contributed by atoms with van der Waals surface area (Å²) in [5, 5.41) is 9.43. The Bertz CT molecular complexity index is 911. The van der Waals surface area contributed by atoms with Crippen LogP contribution < -0.4 is 5.48 Å². The minimum absolute atomic E-state index is 0.0430. The number of hydrogen-bond donors (Lipinski definition) is 2. The average molecular weight is 402 g/mol. The van der Waals surface area contributed by atoms with Gasteiger partial charge in [0.05, 0.1) is 16.3 Å². The molecule has 0 saturated heterocycles. The minimum Gasteiger partial charge on any atom is -0.291 e. The van der Waals surface area contributed by atoms with Crippen LogP contribution in [0.2, 0.25) is 0 Å². The number of anilines is 1. The molecule has 0 unspecified atom stereocenters. The maximum absolute atomic E-state index is 13.5. The van der Waals surface area contributed by atoms with E-state index in [-0.39, 0.29) is 23.0 Å². The second-order valence-electron chi connectivity index (χ2n) is 8.12. The van der Waals surface area contributed by atoms with Crippen molar-refractivity contribution in [2.24, 2.45) is 11.3 Å². The molecule has 2 aromatic rings. The Hall–Kier alpha value is -1.85. The van der Waals surface area contributed by atoms with Crippen molar-refractivity contribution in [3.05, 3.63) is 59.7 Å². The second-order valence-corrected chi connectivity index (χ2v) is 10.1. The summed E-state index contributed by atoms with van der Waals surface area (Å²) in [5.74, 6) is 0.287. The molecule has 0 aliphatic carbocycles. The fourth-order valence-electron chi connectivity index (χ4n) is 4.91. The first-order valence-electron chi connectivity index (χ1n) is 10.2. The molecule has 0 bridgehead atoms. The smallest absolute Gasteiger partial charge is 0.179 e. The molecule has 0 saturated carbocycles. The molecular formula is C23H31NO3S. The summed E-state index contributed by atoms with van der Waals surface area (Å²) in [5.41, 5.74) is 4.33. The Morgan fingerprint density at radius 1 is 1.14 bits per heavy atom. The largest absolute Gasteiger partial charge is 0.291 e. The van der Waals surface area contributed by atoms with Crippen LogP contribution in [0.3, 0.4) is 0 Å². The lowest BCUT2D eigenvalue weighted by molar-refractivity contribution is 0.160. The van der Waals surface area contributed by atoms with E-state index in [4.69, 9.17) is 0 Å². The van der Waals surface area contributed by atoms with E-state index in [9.17, 15) is 13.6 Å². The highest BCUT2D eigenvalue weighted by Crippen LogP contribution is 2.52. The van der Waals surface area contributed by atoms with Gasteiger partial charge in [-0.25, -0.2) is 8.42 Å². The monoisotopic (exact) mass is 401 g/mol. The van der Waals surface area contributed by atoms with Crippen molar-refractivity contribution >= 4 is 15.5 Å². The van der Waals surface area contributed by atoms with Gasteiger partial charge in [0.1, 0.15) is 0 Å². The highest BCUT2D eigenvalue weighted by Gasteiger charge is 2.47. The maximum Gasteiger partial charge on any atom is 0.179 e. The number of hydrogen-bond acceptors (Lipinski definition) is 4. The molecular weight excluding hydrogens is 370 g/mol. The molecule has 0 amide bonds. The SMILES string of the molecule is CCCC[C@]1(CC)CS(=O)(=O)c2ccc(NO)cc2[C@H](c2ccccc2)[C@@H]1C. The predicted molar refractivity (Wildman–Crippen MR) is 114 cm³/mol. The molecule has 3 rings (SSSR count). The van der Waals surface area contributed by atoms with Crippen LogP contribution in [0.4, 0.5) is 5.69 Å². The maximum atomic E-state index is 13.5. The van der Waals surface area contributed by atoms with E-state index in [0.717, 1.165) is 36.8 Å².